The molecule has 3 unspecified atom stereocenters. The lowest BCUT2D eigenvalue weighted by Gasteiger charge is -2.38. The fourth-order valence-corrected chi connectivity index (χ4v) is 2.54. The minimum atomic E-state index is -1.13. The number of non-ortho nitro benzene ring substituents is 1. The van der Waals surface area contributed by atoms with Crippen molar-refractivity contribution < 1.29 is 29.2 Å². The second-order valence-corrected chi connectivity index (χ2v) is 5.88. The molecule has 0 spiro atoms. The molecule has 10 heteroatoms. The largest absolute Gasteiger partial charge is 0.456 e. The topological polar surface area (TPSA) is 160 Å². The number of benzene rings is 1. The summed E-state index contributed by atoms with van der Waals surface area (Å²) in [5.41, 5.74) is -0.514. The highest BCUT2D eigenvalue weighted by molar-refractivity contribution is 6.63. The summed E-state index contributed by atoms with van der Waals surface area (Å²) in [5.74, 6) is -3.07. The molecule has 0 bridgehead atoms. The molecule has 1 aliphatic rings. The number of nitrogens with one attached hydrogen (secondary N) is 2. The van der Waals surface area contributed by atoms with Gasteiger partial charge in [-0.15, -0.1) is 0 Å². The van der Waals surface area contributed by atoms with Crippen LogP contribution in [0.3, 0.4) is 0 Å². The van der Waals surface area contributed by atoms with Gasteiger partial charge in [-0.3, -0.25) is 25.1 Å². The van der Waals surface area contributed by atoms with Crippen LogP contribution in [0.4, 0.5) is 5.69 Å². The molecule has 3 N–H and O–H groups in total. The quantitative estimate of drug-likeness (QED) is 0.148. The van der Waals surface area contributed by atoms with Gasteiger partial charge in [0.25, 0.3) is 5.69 Å². The molecular weight excluding hydrogens is 346 g/mol. The van der Waals surface area contributed by atoms with Crippen molar-refractivity contribution in [1.29, 1.82) is 5.41 Å². The Labute approximate surface area is 147 Å². The fourth-order valence-electron chi connectivity index (χ4n) is 2.54. The van der Waals surface area contributed by atoms with Gasteiger partial charge in [0.1, 0.15) is 6.61 Å². The van der Waals surface area contributed by atoms with Gasteiger partial charge in [-0.25, -0.2) is 4.79 Å². The van der Waals surface area contributed by atoms with Gasteiger partial charge >= 0.3 is 5.97 Å². The van der Waals surface area contributed by atoms with Gasteiger partial charge in [-0.1, -0.05) is 0 Å². The van der Waals surface area contributed by atoms with E-state index in [1.54, 1.807) is 0 Å². The molecule has 0 radical (unpaired) electrons. The first-order chi connectivity index (χ1) is 12.2. The van der Waals surface area contributed by atoms with Gasteiger partial charge in [0.15, 0.2) is 11.5 Å². The van der Waals surface area contributed by atoms with Crippen molar-refractivity contribution in [3.63, 3.8) is 0 Å². The molecule has 1 saturated heterocycles. The second kappa shape index (κ2) is 7.83. The van der Waals surface area contributed by atoms with Gasteiger partial charge in [0.2, 0.25) is 5.91 Å². The average Bonchev–Trinajstić information content (AvgIpc) is 2.57. The van der Waals surface area contributed by atoms with E-state index >= 15 is 0 Å². The number of esters is 1. The lowest BCUT2D eigenvalue weighted by molar-refractivity contribution is -0.384. The van der Waals surface area contributed by atoms with Crippen LogP contribution in [0.1, 0.15) is 18.9 Å². The SMILES string of the molecule is CC(O)C1C(=O)NC1CC(=O)C(=N)C(=O)OCc1ccc([N+](=O)[O-])cc1. The Hall–Kier alpha value is -3.14. The molecule has 1 aliphatic heterocycles. The summed E-state index contributed by atoms with van der Waals surface area (Å²) in [7, 11) is 0. The van der Waals surface area contributed by atoms with Crippen LogP contribution in [0, 0.1) is 21.4 Å². The molecule has 1 fully saturated rings. The normalized spacial score (nSPS) is 19.7. The summed E-state index contributed by atoms with van der Waals surface area (Å²) < 4.78 is 4.85. The van der Waals surface area contributed by atoms with Gasteiger partial charge in [-0.05, 0) is 24.6 Å². The minimum absolute atomic E-state index is 0.113. The van der Waals surface area contributed by atoms with E-state index in [9.17, 15) is 29.6 Å². The van der Waals surface area contributed by atoms with Crippen LogP contribution in [-0.4, -0.2) is 45.5 Å². The zero-order chi connectivity index (χ0) is 19.4. The predicted octanol–water partition coefficient (Wildman–Crippen LogP) is 0.112. The Kier molecular flexibility index (Phi) is 5.78. The van der Waals surface area contributed by atoms with E-state index in [4.69, 9.17) is 10.1 Å². The summed E-state index contributed by atoms with van der Waals surface area (Å²) >= 11 is 0. The van der Waals surface area contributed by atoms with Gasteiger partial charge in [0, 0.05) is 18.6 Å². The average molecular weight is 363 g/mol. The zero-order valence-electron chi connectivity index (χ0n) is 13.8. The Balaban J connectivity index is 1.85. The number of carbonyl (C=O) groups is 3. The Morgan fingerprint density at radius 1 is 1.38 bits per heavy atom. The smallest absolute Gasteiger partial charge is 0.360 e. The van der Waals surface area contributed by atoms with Crippen LogP contribution in [0.2, 0.25) is 0 Å². The first kappa shape index (κ1) is 19.2. The monoisotopic (exact) mass is 363 g/mol. The van der Waals surface area contributed by atoms with E-state index in [1.165, 1.54) is 31.2 Å². The van der Waals surface area contributed by atoms with E-state index < -0.39 is 40.5 Å². The number of carbonyl (C=O) groups excluding carboxylic acids is 3. The number of nitro benzene ring substituents is 1. The van der Waals surface area contributed by atoms with Crippen molar-refractivity contribution in [3.8, 4) is 0 Å². The van der Waals surface area contributed by atoms with E-state index in [0.29, 0.717) is 5.56 Å². The number of hydrogen-bond acceptors (Lipinski definition) is 8. The number of Topliss-reactive ketones (excluding diaryl/α,β-unsaturated/α-hetero) is 1. The van der Waals surface area contributed by atoms with Gasteiger partial charge in [-0.2, -0.15) is 0 Å². The van der Waals surface area contributed by atoms with Crippen molar-refractivity contribution in [3.05, 3.63) is 39.9 Å². The van der Waals surface area contributed by atoms with Crippen LogP contribution in [0.15, 0.2) is 24.3 Å². The van der Waals surface area contributed by atoms with Crippen LogP contribution >= 0.6 is 0 Å². The Morgan fingerprint density at radius 2 is 2.00 bits per heavy atom. The summed E-state index contributed by atoms with van der Waals surface area (Å²) in [6.45, 7) is 1.17. The van der Waals surface area contributed by atoms with Crippen molar-refractivity contribution >= 4 is 29.1 Å². The number of ketones is 1. The van der Waals surface area contributed by atoms with Crippen molar-refractivity contribution in [2.24, 2.45) is 5.92 Å². The van der Waals surface area contributed by atoms with E-state index in [0.717, 1.165) is 0 Å². The second-order valence-electron chi connectivity index (χ2n) is 5.88. The molecule has 0 aliphatic carbocycles. The predicted molar refractivity (Wildman–Crippen MR) is 87.3 cm³/mol. The van der Waals surface area contributed by atoms with Gasteiger partial charge in [0.05, 0.1) is 23.0 Å². The molecule has 1 amide bonds. The van der Waals surface area contributed by atoms with Crippen LogP contribution in [0.25, 0.3) is 0 Å². The maximum atomic E-state index is 12.0. The molecular formula is C16H17N3O7. The number of nitrogens with zero attached hydrogens (tertiary/aromatic N) is 1. The highest BCUT2D eigenvalue weighted by Gasteiger charge is 2.44. The fraction of sp³-hybridized carbons (Fsp3) is 0.375. The molecule has 0 aromatic heterocycles. The molecule has 2 rings (SSSR count). The molecule has 1 heterocycles. The molecule has 138 valence electrons. The maximum absolute atomic E-state index is 12.0. The highest BCUT2D eigenvalue weighted by Crippen LogP contribution is 2.22. The number of ether oxygens (including phenoxy) is 1. The third-order valence-electron chi connectivity index (χ3n) is 3.99. The highest BCUT2D eigenvalue weighted by atomic mass is 16.6. The number of aliphatic hydroxyl groups excluding tert-OH is 1. The molecule has 0 saturated carbocycles. The number of nitro groups is 1. The Morgan fingerprint density at radius 3 is 2.50 bits per heavy atom. The number of rotatable bonds is 8. The van der Waals surface area contributed by atoms with Crippen LogP contribution in [0.5, 0.6) is 0 Å². The Bertz CT molecular complexity index is 758. The zero-order valence-corrected chi connectivity index (χ0v) is 13.8. The van der Waals surface area contributed by atoms with E-state index in [2.05, 4.69) is 5.32 Å². The molecule has 1 aromatic carbocycles. The lowest BCUT2D eigenvalue weighted by atomic mass is 9.82. The third-order valence-corrected chi connectivity index (χ3v) is 3.99. The molecule has 26 heavy (non-hydrogen) atoms. The number of aliphatic hydroxyl groups is 1. The van der Waals surface area contributed by atoms with E-state index in [1.807, 2.05) is 0 Å². The number of hydrogen-bond donors (Lipinski definition) is 3. The van der Waals surface area contributed by atoms with Gasteiger partial charge < -0.3 is 15.2 Å². The summed E-state index contributed by atoms with van der Waals surface area (Å²) in [6.07, 6.45) is -1.22. The van der Waals surface area contributed by atoms with Crippen molar-refractivity contribution in [1.82, 2.24) is 5.32 Å². The first-order valence-electron chi connectivity index (χ1n) is 7.71. The van der Waals surface area contributed by atoms with Crippen molar-refractivity contribution in [2.75, 3.05) is 0 Å². The standard InChI is InChI=1S/C16H17N3O7/c1-8(20)13-11(18-15(13)22)6-12(21)14(17)16(23)26-7-9-2-4-10(5-3-9)19(24)25/h2-5,8,11,13,17,20H,6-7H2,1H3,(H,18,22). The third kappa shape index (κ3) is 4.28. The number of amides is 1. The molecule has 10 nitrogen and oxygen atoms in total. The molecule has 3 atom stereocenters. The van der Waals surface area contributed by atoms with Crippen LogP contribution < -0.4 is 5.32 Å². The van der Waals surface area contributed by atoms with Crippen molar-refractivity contribution in [2.45, 2.75) is 32.1 Å². The lowest BCUT2D eigenvalue weighted by Crippen LogP contribution is -2.62. The molecule has 1 aromatic rings. The first-order valence-corrected chi connectivity index (χ1v) is 7.71. The summed E-state index contributed by atoms with van der Waals surface area (Å²) in [5, 5.41) is 30.1. The van der Waals surface area contributed by atoms with E-state index in [-0.39, 0.29) is 24.6 Å². The summed E-state index contributed by atoms with van der Waals surface area (Å²) in [6, 6.07) is 4.66. The van der Waals surface area contributed by atoms with Crippen LogP contribution in [-0.2, 0) is 25.7 Å². The minimum Gasteiger partial charge on any atom is -0.456 e. The summed E-state index contributed by atoms with van der Waals surface area (Å²) in [4.78, 5) is 45.1. The maximum Gasteiger partial charge on any atom is 0.360 e. The number of β-lactam (4-membered cyclic amide) rings is 1.